The molecule has 0 aliphatic carbocycles. The van der Waals surface area contributed by atoms with E-state index in [0.29, 0.717) is 12.2 Å². The molecule has 1 aliphatic heterocycles. The summed E-state index contributed by atoms with van der Waals surface area (Å²) in [7, 11) is -2.80. The van der Waals surface area contributed by atoms with Crippen molar-refractivity contribution in [2.24, 2.45) is 0 Å². The number of nitrogens with zero attached hydrogens (tertiary/aromatic N) is 2. The monoisotopic (exact) mass is 214 g/mol. The van der Waals surface area contributed by atoms with Crippen LogP contribution in [-0.4, -0.2) is 29.7 Å². The second-order valence-electron chi connectivity index (χ2n) is 3.74. The fourth-order valence-corrected chi connectivity index (χ4v) is 3.45. The van der Waals surface area contributed by atoms with Crippen molar-refractivity contribution < 1.29 is 8.42 Å². The van der Waals surface area contributed by atoms with Gasteiger partial charge in [-0.15, -0.1) is 0 Å². The van der Waals surface area contributed by atoms with Gasteiger partial charge in [0.05, 0.1) is 23.7 Å². The Kier molecular flexibility index (Phi) is 2.34. The van der Waals surface area contributed by atoms with Gasteiger partial charge in [0.2, 0.25) is 0 Å². The largest absolute Gasteiger partial charge is 0.268 e. The molecule has 1 unspecified atom stereocenters. The van der Waals surface area contributed by atoms with Crippen LogP contribution in [-0.2, 0) is 16.3 Å². The minimum absolute atomic E-state index is 0.0558. The Labute approximate surface area is 83.8 Å². The quantitative estimate of drug-likeness (QED) is 0.732. The lowest BCUT2D eigenvalue weighted by Crippen LogP contribution is -2.11. The lowest BCUT2D eigenvalue weighted by Gasteiger charge is -2.06. The molecule has 5 heteroatoms. The highest BCUT2D eigenvalue weighted by atomic mass is 32.2. The SMILES string of the molecule is CCc1cnn(C2CCS(=O)(=O)C2)c1. The minimum Gasteiger partial charge on any atom is -0.268 e. The number of rotatable bonds is 2. The normalized spacial score (nSPS) is 25.4. The number of hydrogen-bond acceptors (Lipinski definition) is 3. The summed E-state index contributed by atoms with van der Waals surface area (Å²) in [5.41, 5.74) is 1.16. The van der Waals surface area contributed by atoms with E-state index in [1.807, 2.05) is 12.4 Å². The molecule has 1 fully saturated rings. The highest BCUT2D eigenvalue weighted by Gasteiger charge is 2.29. The molecule has 0 radical (unpaired) electrons. The minimum atomic E-state index is -2.80. The third-order valence-electron chi connectivity index (χ3n) is 2.65. The number of sulfone groups is 1. The second-order valence-corrected chi connectivity index (χ2v) is 5.97. The topological polar surface area (TPSA) is 52.0 Å². The maximum absolute atomic E-state index is 11.2. The Hall–Kier alpha value is -0.840. The van der Waals surface area contributed by atoms with Gasteiger partial charge in [-0.25, -0.2) is 8.42 Å². The zero-order valence-corrected chi connectivity index (χ0v) is 9.00. The molecular formula is C9H14N2O2S. The molecule has 1 aromatic rings. The van der Waals surface area contributed by atoms with E-state index in [-0.39, 0.29) is 11.8 Å². The standard InChI is InChI=1S/C9H14N2O2S/c1-2-8-5-10-11(6-8)9-3-4-14(12,13)7-9/h5-6,9H,2-4,7H2,1H3. The Balaban J connectivity index is 2.17. The van der Waals surface area contributed by atoms with Crippen molar-refractivity contribution in [1.29, 1.82) is 0 Å². The van der Waals surface area contributed by atoms with E-state index in [0.717, 1.165) is 12.0 Å². The molecule has 0 bridgehead atoms. The van der Waals surface area contributed by atoms with Crippen LogP contribution in [0.3, 0.4) is 0 Å². The first-order valence-corrected chi connectivity index (χ1v) is 6.66. The third-order valence-corrected chi connectivity index (χ3v) is 4.40. The average molecular weight is 214 g/mol. The zero-order chi connectivity index (χ0) is 10.2. The first-order valence-electron chi connectivity index (χ1n) is 4.84. The molecule has 1 atom stereocenters. The van der Waals surface area contributed by atoms with E-state index in [2.05, 4.69) is 12.0 Å². The van der Waals surface area contributed by atoms with Gasteiger partial charge in [-0.1, -0.05) is 6.92 Å². The molecular weight excluding hydrogens is 200 g/mol. The van der Waals surface area contributed by atoms with Gasteiger partial charge in [0.15, 0.2) is 9.84 Å². The molecule has 0 amide bonds. The van der Waals surface area contributed by atoms with Crippen LogP contribution >= 0.6 is 0 Å². The maximum atomic E-state index is 11.2. The van der Waals surface area contributed by atoms with Crippen molar-refractivity contribution in [2.75, 3.05) is 11.5 Å². The summed E-state index contributed by atoms with van der Waals surface area (Å²) in [6.45, 7) is 2.06. The highest BCUT2D eigenvalue weighted by molar-refractivity contribution is 7.91. The van der Waals surface area contributed by atoms with Crippen LogP contribution in [0.4, 0.5) is 0 Å². The molecule has 0 saturated carbocycles. The molecule has 1 aliphatic rings. The van der Waals surface area contributed by atoms with Crippen LogP contribution in [0, 0.1) is 0 Å². The van der Waals surface area contributed by atoms with Gasteiger partial charge in [0.25, 0.3) is 0 Å². The molecule has 0 spiro atoms. The number of aromatic nitrogens is 2. The van der Waals surface area contributed by atoms with Crippen LogP contribution in [0.25, 0.3) is 0 Å². The summed E-state index contributed by atoms with van der Waals surface area (Å²) in [6.07, 6.45) is 5.41. The fourth-order valence-electron chi connectivity index (χ4n) is 1.74. The van der Waals surface area contributed by atoms with Crippen molar-refractivity contribution in [3.05, 3.63) is 18.0 Å². The van der Waals surface area contributed by atoms with Gasteiger partial charge in [0, 0.05) is 6.20 Å². The summed E-state index contributed by atoms with van der Waals surface area (Å²) in [4.78, 5) is 0. The van der Waals surface area contributed by atoms with Crippen LogP contribution in [0.15, 0.2) is 12.4 Å². The van der Waals surface area contributed by atoms with Crippen molar-refractivity contribution >= 4 is 9.84 Å². The van der Waals surface area contributed by atoms with Crippen LogP contribution in [0.1, 0.15) is 24.9 Å². The van der Waals surface area contributed by atoms with E-state index in [1.54, 1.807) is 4.68 Å². The Bertz CT molecular complexity index is 422. The van der Waals surface area contributed by atoms with Gasteiger partial charge < -0.3 is 0 Å². The molecule has 1 aromatic heterocycles. The number of aryl methyl sites for hydroxylation is 1. The van der Waals surface area contributed by atoms with Gasteiger partial charge in [-0.05, 0) is 18.4 Å². The molecule has 78 valence electrons. The zero-order valence-electron chi connectivity index (χ0n) is 8.18. The lowest BCUT2D eigenvalue weighted by molar-refractivity contribution is 0.499. The smallest absolute Gasteiger partial charge is 0.152 e. The van der Waals surface area contributed by atoms with Gasteiger partial charge >= 0.3 is 0 Å². The number of hydrogen-bond donors (Lipinski definition) is 0. The highest BCUT2D eigenvalue weighted by Crippen LogP contribution is 2.22. The molecule has 2 rings (SSSR count). The lowest BCUT2D eigenvalue weighted by atomic mass is 10.2. The molecule has 0 N–H and O–H groups in total. The molecule has 14 heavy (non-hydrogen) atoms. The van der Waals surface area contributed by atoms with E-state index < -0.39 is 9.84 Å². The maximum Gasteiger partial charge on any atom is 0.152 e. The predicted molar refractivity (Wildman–Crippen MR) is 53.9 cm³/mol. The second kappa shape index (κ2) is 3.38. The fraction of sp³-hybridized carbons (Fsp3) is 0.667. The third kappa shape index (κ3) is 1.82. The average Bonchev–Trinajstić information content (AvgIpc) is 2.70. The van der Waals surface area contributed by atoms with Gasteiger partial charge in [-0.3, -0.25) is 4.68 Å². The van der Waals surface area contributed by atoms with Crippen LogP contribution in [0.5, 0.6) is 0 Å². The summed E-state index contributed by atoms with van der Waals surface area (Å²) >= 11 is 0. The summed E-state index contributed by atoms with van der Waals surface area (Å²) in [5, 5.41) is 4.19. The van der Waals surface area contributed by atoms with E-state index in [4.69, 9.17) is 0 Å². The Morgan fingerprint density at radius 3 is 2.93 bits per heavy atom. The van der Waals surface area contributed by atoms with Gasteiger partial charge in [-0.2, -0.15) is 5.10 Å². The van der Waals surface area contributed by atoms with Crippen molar-refractivity contribution in [2.45, 2.75) is 25.8 Å². The van der Waals surface area contributed by atoms with E-state index in [9.17, 15) is 8.42 Å². The van der Waals surface area contributed by atoms with Crippen molar-refractivity contribution in [1.82, 2.24) is 9.78 Å². The van der Waals surface area contributed by atoms with E-state index in [1.165, 1.54) is 0 Å². The Morgan fingerprint density at radius 1 is 1.64 bits per heavy atom. The summed E-state index contributed by atoms with van der Waals surface area (Å²) in [5.74, 6) is 0.552. The van der Waals surface area contributed by atoms with Crippen molar-refractivity contribution in [3.8, 4) is 0 Å². The van der Waals surface area contributed by atoms with Gasteiger partial charge in [0.1, 0.15) is 0 Å². The Morgan fingerprint density at radius 2 is 2.43 bits per heavy atom. The molecule has 1 saturated heterocycles. The van der Waals surface area contributed by atoms with Crippen molar-refractivity contribution in [3.63, 3.8) is 0 Å². The first kappa shape index (κ1) is 9.71. The van der Waals surface area contributed by atoms with Crippen LogP contribution in [0.2, 0.25) is 0 Å². The predicted octanol–water partition coefficient (Wildman–Crippen LogP) is 0.805. The summed E-state index contributed by atoms with van der Waals surface area (Å²) < 4.78 is 24.3. The van der Waals surface area contributed by atoms with E-state index >= 15 is 0 Å². The molecule has 2 heterocycles. The molecule has 4 nitrogen and oxygen atoms in total. The van der Waals surface area contributed by atoms with Crippen LogP contribution < -0.4 is 0 Å². The summed E-state index contributed by atoms with van der Waals surface area (Å²) in [6, 6.07) is 0.0558. The molecule has 0 aromatic carbocycles. The first-order chi connectivity index (χ1) is 6.61.